The maximum Gasteiger partial charge on any atom is 0.530 e. The van der Waals surface area contributed by atoms with Gasteiger partial charge in [0.2, 0.25) is 0 Å². The molecular weight excluding hydrogens is 1300 g/mol. The van der Waals surface area contributed by atoms with Gasteiger partial charge in [0, 0.05) is 16.7 Å². The van der Waals surface area contributed by atoms with Crippen LogP contribution < -0.4 is 13.6 Å². The van der Waals surface area contributed by atoms with E-state index in [1.807, 2.05) is 0 Å². The van der Waals surface area contributed by atoms with Crippen LogP contribution in [0.4, 0.5) is 0 Å². The summed E-state index contributed by atoms with van der Waals surface area (Å²) in [5.74, 6) is 2.15. The Morgan fingerprint density at radius 3 is 0.443 bits per heavy atom. The lowest BCUT2D eigenvalue weighted by atomic mass is 9.70. The molecule has 0 spiro atoms. The molecule has 0 N–H and O–H groups in total. The van der Waals surface area contributed by atoms with Crippen molar-refractivity contribution >= 4 is 8.60 Å². The Kier molecular flexibility index (Phi) is 22.4. The highest BCUT2D eigenvalue weighted by atomic mass is 31.2. The number of benzene rings is 9. The SMILES string of the molecule is CC(C)(C)c1ccc(-c2cc(OP(Oc3cc(-c4ccc(C(C)(C)C)cc4)c(C(C)(C)C)c(-c4ccc(C(C)(C)C)cc4)c3C(C)(C)C)Oc3cc(-c4ccc(C(C)(C)C)cc4)c(C(C)(C)C)c(-c4ccc(C(C)(C)C)cc4)c3C(C)(C)C)c(C(C)(C)C)c(-c3ccc(C(C)(C)C)cc3)c2C(C)(C)C)cc1. The first-order valence-electron chi connectivity index (χ1n) is 39.3. The van der Waals surface area contributed by atoms with Crippen LogP contribution in [0.3, 0.4) is 0 Å². The Morgan fingerprint density at radius 1 is 0.170 bits per heavy atom. The molecule has 0 unspecified atom stereocenters. The van der Waals surface area contributed by atoms with Gasteiger partial charge in [-0.3, -0.25) is 0 Å². The third-order valence-electron chi connectivity index (χ3n) is 21.2. The number of rotatable bonds is 12. The van der Waals surface area contributed by atoms with Gasteiger partial charge in [0.25, 0.3) is 0 Å². The Balaban J connectivity index is 1.53. The lowest BCUT2D eigenvalue weighted by Gasteiger charge is -2.37. The normalized spacial score (nSPS) is 13.6. The van der Waals surface area contributed by atoms with Crippen molar-refractivity contribution < 1.29 is 13.6 Å². The van der Waals surface area contributed by atoms with Crippen LogP contribution in [-0.2, 0) is 65.0 Å². The van der Waals surface area contributed by atoms with Gasteiger partial charge in [0.05, 0.1) is 0 Å². The summed E-state index contributed by atoms with van der Waals surface area (Å²) >= 11 is 0. The smallest absolute Gasteiger partial charge is 0.408 e. The zero-order valence-electron chi connectivity index (χ0n) is 72.8. The average molecular weight is 1440 g/mol. The maximum atomic E-state index is 8.37. The van der Waals surface area contributed by atoms with Crippen molar-refractivity contribution in [3.8, 4) is 84.0 Å². The fourth-order valence-electron chi connectivity index (χ4n) is 15.5. The van der Waals surface area contributed by atoms with E-state index < -0.39 is 24.8 Å². The third-order valence-corrected chi connectivity index (χ3v) is 22.2. The molecule has 0 radical (unpaired) electrons. The van der Waals surface area contributed by atoms with Crippen LogP contribution >= 0.6 is 8.60 Å². The average Bonchev–Trinajstić information content (AvgIpc) is 0.737. The summed E-state index contributed by atoms with van der Waals surface area (Å²) < 4.78 is 25.1. The third kappa shape index (κ3) is 18.2. The van der Waals surface area contributed by atoms with Crippen LogP contribution in [0.15, 0.2) is 164 Å². The summed E-state index contributed by atoms with van der Waals surface area (Å²) in [5, 5.41) is 0. The number of hydrogen-bond donors (Lipinski definition) is 0. The van der Waals surface area contributed by atoms with Crippen molar-refractivity contribution in [2.75, 3.05) is 0 Å². The van der Waals surface area contributed by atoms with Crippen molar-refractivity contribution in [2.45, 2.75) is 314 Å². The monoisotopic (exact) mass is 1440 g/mol. The van der Waals surface area contributed by atoms with Crippen LogP contribution in [-0.4, -0.2) is 0 Å². The molecule has 9 aromatic carbocycles. The van der Waals surface area contributed by atoms with Crippen LogP contribution in [0.25, 0.3) is 66.8 Å². The molecule has 9 rings (SSSR count). The predicted octanol–water partition coefficient (Wildman–Crippen LogP) is 31.0. The second kappa shape index (κ2) is 28.7. The van der Waals surface area contributed by atoms with E-state index in [1.54, 1.807) is 0 Å². The zero-order chi connectivity index (χ0) is 79.4. The molecule has 0 saturated heterocycles. The Labute approximate surface area is 647 Å². The summed E-state index contributed by atoms with van der Waals surface area (Å²) in [6, 6.07) is 63.3. The first-order chi connectivity index (χ1) is 48.2. The minimum Gasteiger partial charge on any atom is -0.408 e. The van der Waals surface area contributed by atoms with Gasteiger partial charge in [-0.25, -0.2) is 0 Å². The van der Waals surface area contributed by atoms with Gasteiger partial charge in [-0.15, -0.1) is 0 Å². The molecule has 0 aliphatic heterocycles. The number of hydrogen-bond acceptors (Lipinski definition) is 3. The maximum absolute atomic E-state index is 8.37. The van der Waals surface area contributed by atoms with E-state index in [9.17, 15) is 0 Å². The molecule has 3 nitrogen and oxygen atoms in total. The summed E-state index contributed by atoms with van der Waals surface area (Å²) in [6.45, 7) is 84.0. The fraction of sp³-hybridized carbons (Fsp3) is 0.471. The van der Waals surface area contributed by atoms with E-state index in [0.29, 0.717) is 0 Å². The lowest BCUT2D eigenvalue weighted by Crippen LogP contribution is -2.24. The fourth-order valence-corrected chi connectivity index (χ4v) is 16.5. The molecule has 0 saturated carbocycles. The minimum absolute atomic E-state index is 0.0504. The van der Waals surface area contributed by atoms with Crippen LogP contribution in [0.2, 0.25) is 0 Å². The summed E-state index contributed by atoms with van der Waals surface area (Å²) in [7, 11) is -2.50. The molecule has 0 amide bonds. The Morgan fingerprint density at radius 2 is 0.311 bits per heavy atom. The second-order valence-corrected chi connectivity index (χ2v) is 44.1. The van der Waals surface area contributed by atoms with E-state index in [0.717, 1.165) is 84.0 Å². The van der Waals surface area contributed by atoms with Gasteiger partial charge in [-0.2, -0.15) is 0 Å². The van der Waals surface area contributed by atoms with Gasteiger partial charge in [-0.05, 0) is 200 Å². The van der Waals surface area contributed by atoms with Crippen molar-refractivity contribution in [2.24, 2.45) is 0 Å². The van der Waals surface area contributed by atoms with Crippen molar-refractivity contribution in [1.82, 2.24) is 0 Å². The highest BCUT2D eigenvalue weighted by Crippen LogP contribution is 2.60. The summed E-state index contributed by atoms with van der Waals surface area (Å²) in [5.41, 5.74) is 25.5. The molecule has 4 heteroatoms. The first kappa shape index (κ1) is 82.9. The van der Waals surface area contributed by atoms with Crippen LogP contribution in [0.1, 0.15) is 316 Å². The quantitative estimate of drug-likeness (QED) is 0.114. The predicted molar refractivity (Wildman–Crippen MR) is 465 cm³/mol. The van der Waals surface area contributed by atoms with E-state index in [4.69, 9.17) is 13.6 Å². The summed E-state index contributed by atoms with van der Waals surface area (Å²) in [4.78, 5) is 0. The largest absolute Gasteiger partial charge is 0.530 e. The lowest BCUT2D eigenvalue weighted by molar-refractivity contribution is 0.372. The second-order valence-electron chi connectivity index (χ2n) is 43.1. The molecule has 0 bridgehead atoms. The van der Waals surface area contributed by atoms with Crippen molar-refractivity contribution in [3.63, 3.8) is 0 Å². The molecule has 0 atom stereocenters. The van der Waals surface area contributed by atoms with Crippen LogP contribution in [0.5, 0.6) is 17.2 Å². The Hall–Kier alpha value is -7.19. The minimum atomic E-state index is -2.50. The van der Waals surface area contributed by atoms with Gasteiger partial charge in [0.15, 0.2) is 0 Å². The summed E-state index contributed by atoms with van der Waals surface area (Å²) in [6.07, 6.45) is 0. The molecule has 0 aliphatic rings. The molecule has 0 fully saturated rings. The molecule has 0 aliphatic carbocycles. The van der Waals surface area contributed by atoms with E-state index in [-0.39, 0.29) is 48.7 Å². The van der Waals surface area contributed by atoms with Gasteiger partial charge in [0.1, 0.15) is 17.2 Å². The highest BCUT2D eigenvalue weighted by Gasteiger charge is 2.41. The van der Waals surface area contributed by atoms with Gasteiger partial charge >= 0.3 is 8.60 Å². The zero-order valence-corrected chi connectivity index (χ0v) is 73.7. The molecule has 566 valence electrons. The first-order valence-corrected chi connectivity index (χ1v) is 40.4. The van der Waals surface area contributed by atoms with E-state index >= 15 is 0 Å². The molecule has 9 aromatic rings. The van der Waals surface area contributed by atoms with Gasteiger partial charge < -0.3 is 13.6 Å². The van der Waals surface area contributed by atoms with E-state index in [1.165, 1.54) is 66.8 Å². The van der Waals surface area contributed by atoms with Crippen molar-refractivity contribution in [1.29, 1.82) is 0 Å². The van der Waals surface area contributed by atoms with E-state index in [2.05, 4.69) is 413 Å². The van der Waals surface area contributed by atoms with Gasteiger partial charge in [-0.1, -0.05) is 395 Å². The molecule has 0 aromatic heterocycles. The molecule has 0 heterocycles. The van der Waals surface area contributed by atoms with Crippen LogP contribution in [0, 0.1) is 0 Å². The topological polar surface area (TPSA) is 27.7 Å². The molecular formula is C102H135O3P. The van der Waals surface area contributed by atoms with Crippen molar-refractivity contribution in [3.05, 3.63) is 231 Å². The Bertz CT molecular complexity index is 4120. The standard InChI is InChI=1S/C102H135O3P/c1-91(2,3)70-49-37-64(38-50-70)76-61-79(88(100(28,29)30)82(85(76)97(19,20)21)67-43-55-73(56-44-67)94(10,11)12)103-106(104-80-62-77(65-39-51-71(52-40-65)92(4,5)6)86(98(22,23)24)83(89(80)101(31,32)33)68-45-57-74(58-46-68)95(13,14)15)105-81-63-78(66-41-53-72(54-42-66)93(7,8)9)87(99(25,26)27)84(90(81)102(34,35)36)69-47-59-75(60-48-69)96(16,17)18/h37-63H,1-36H3. The molecule has 106 heavy (non-hydrogen) atoms. The highest BCUT2D eigenvalue weighted by molar-refractivity contribution is 7.43.